The van der Waals surface area contributed by atoms with Gasteiger partial charge in [-0.3, -0.25) is 0 Å². The van der Waals surface area contributed by atoms with Gasteiger partial charge >= 0.3 is 0 Å². The molecule has 2 saturated heterocycles. The van der Waals surface area contributed by atoms with E-state index in [9.17, 15) is 0 Å². The second kappa shape index (κ2) is 7.08. The molecule has 2 aliphatic rings. The van der Waals surface area contributed by atoms with E-state index in [-0.39, 0.29) is 0 Å². The third kappa shape index (κ3) is 3.95. The Morgan fingerprint density at radius 2 is 2.11 bits per heavy atom. The van der Waals surface area contributed by atoms with Crippen molar-refractivity contribution >= 4 is 0 Å². The lowest BCUT2D eigenvalue weighted by Crippen LogP contribution is -2.52. The molecular formula is C17H34N2. The molecule has 2 unspecified atom stereocenters. The monoisotopic (exact) mass is 266 g/mol. The van der Waals surface area contributed by atoms with Crippen LogP contribution in [0.25, 0.3) is 0 Å². The molecule has 0 aromatic carbocycles. The van der Waals surface area contributed by atoms with Crippen molar-refractivity contribution in [2.75, 3.05) is 26.2 Å². The molecule has 2 rings (SSSR count). The highest BCUT2D eigenvalue weighted by Crippen LogP contribution is 2.34. The van der Waals surface area contributed by atoms with Crippen molar-refractivity contribution in [2.24, 2.45) is 11.8 Å². The molecule has 0 aromatic rings. The normalized spacial score (nSPS) is 33.8. The van der Waals surface area contributed by atoms with Crippen molar-refractivity contribution in [1.82, 2.24) is 10.2 Å². The molecule has 2 aliphatic heterocycles. The zero-order valence-corrected chi connectivity index (χ0v) is 13.4. The molecule has 2 fully saturated rings. The van der Waals surface area contributed by atoms with Gasteiger partial charge in [0, 0.05) is 12.1 Å². The Morgan fingerprint density at radius 1 is 1.26 bits per heavy atom. The molecule has 2 atom stereocenters. The van der Waals surface area contributed by atoms with Crippen molar-refractivity contribution in [2.45, 2.75) is 71.3 Å². The van der Waals surface area contributed by atoms with E-state index in [1.165, 1.54) is 71.1 Å². The molecule has 2 nitrogen and oxygen atoms in total. The first kappa shape index (κ1) is 15.3. The van der Waals surface area contributed by atoms with E-state index >= 15 is 0 Å². The molecule has 0 bridgehead atoms. The zero-order valence-electron chi connectivity index (χ0n) is 13.4. The van der Waals surface area contributed by atoms with Gasteiger partial charge in [-0.1, -0.05) is 27.2 Å². The number of piperidine rings is 2. The third-order valence-corrected chi connectivity index (χ3v) is 5.68. The Morgan fingerprint density at radius 3 is 2.74 bits per heavy atom. The maximum Gasteiger partial charge on any atom is 0.0204 e. The van der Waals surface area contributed by atoms with Gasteiger partial charge in [0.2, 0.25) is 0 Å². The highest BCUT2D eigenvalue weighted by Gasteiger charge is 2.35. The number of nitrogens with one attached hydrogen (secondary N) is 1. The van der Waals surface area contributed by atoms with Crippen LogP contribution in [0.15, 0.2) is 0 Å². The summed E-state index contributed by atoms with van der Waals surface area (Å²) in [6.45, 7) is 12.3. The van der Waals surface area contributed by atoms with E-state index < -0.39 is 0 Å². The summed E-state index contributed by atoms with van der Waals surface area (Å²) in [7, 11) is 0. The predicted molar refractivity (Wildman–Crippen MR) is 83.5 cm³/mol. The second-order valence-corrected chi connectivity index (χ2v) is 7.13. The summed E-state index contributed by atoms with van der Waals surface area (Å²) in [4.78, 5) is 2.64. The smallest absolute Gasteiger partial charge is 0.0204 e. The van der Waals surface area contributed by atoms with E-state index in [0.717, 1.165) is 11.8 Å². The fraction of sp³-hybridized carbons (Fsp3) is 1.00. The first-order valence-electron chi connectivity index (χ1n) is 8.63. The Labute approximate surface area is 120 Å². The molecule has 2 heterocycles. The first-order valence-corrected chi connectivity index (χ1v) is 8.63. The average molecular weight is 266 g/mol. The van der Waals surface area contributed by atoms with Crippen LogP contribution in [-0.2, 0) is 0 Å². The maximum absolute atomic E-state index is 3.88. The number of likely N-dealkylation sites (tertiary alicyclic amines) is 1. The summed E-state index contributed by atoms with van der Waals surface area (Å²) in [6, 6.07) is 0. The van der Waals surface area contributed by atoms with Crippen LogP contribution >= 0.6 is 0 Å². The van der Waals surface area contributed by atoms with E-state index in [2.05, 4.69) is 31.0 Å². The minimum Gasteiger partial charge on any atom is -0.311 e. The van der Waals surface area contributed by atoms with Crippen LogP contribution < -0.4 is 5.32 Å². The van der Waals surface area contributed by atoms with E-state index in [1.54, 1.807) is 0 Å². The Kier molecular flexibility index (Phi) is 5.70. The van der Waals surface area contributed by atoms with Crippen LogP contribution in [0.2, 0.25) is 0 Å². The van der Waals surface area contributed by atoms with Gasteiger partial charge in [0.05, 0.1) is 0 Å². The first-order chi connectivity index (χ1) is 9.16. The van der Waals surface area contributed by atoms with Crippen LogP contribution in [0.3, 0.4) is 0 Å². The quantitative estimate of drug-likeness (QED) is 0.817. The molecule has 0 aromatic heterocycles. The van der Waals surface area contributed by atoms with Gasteiger partial charge in [-0.05, 0) is 70.0 Å². The fourth-order valence-corrected chi connectivity index (χ4v) is 4.12. The lowest BCUT2D eigenvalue weighted by Gasteiger charge is -2.43. The SMILES string of the molecule is CCN1CCCC(CCC2(C(C)C)CCCCN2)C1. The topological polar surface area (TPSA) is 15.3 Å². The molecule has 0 aliphatic carbocycles. The summed E-state index contributed by atoms with van der Waals surface area (Å²) in [5.74, 6) is 1.73. The van der Waals surface area contributed by atoms with Crippen molar-refractivity contribution in [3.8, 4) is 0 Å². The van der Waals surface area contributed by atoms with Crippen molar-refractivity contribution in [3.63, 3.8) is 0 Å². The number of nitrogens with zero attached hydrogens (tertiary/aromatic N) is 1. The largest absolute Gasteiger partial charge is 0.311 e. The van der Waals surface area contributed by atoms with Crippen molar-refractivity contribution in [3.05, 3.63) is 0 Å². The minimum atomic E-state index is 0.451. The maximum atomic E-state index is 3.88. The second-order valence-electron chi connectivity index (χ2n) is 7.13. The summed E-state index contributed by atoms with van der Waals surface area (Å²) in [6.07, 6.45) is 9.91. The molecule has 2 heteroatoms. The Bertz CT molecular complexity index is 256. The van der Waals surface area contributed by atoms with Gasteiger partial charge in [-0.15, -0.1) is 0 Å². The Balaban J connectivity index is 1.84. The molecule has 1 N–H and O–H groups in total. The number of rotatable bonds is 5. The van der Waals surface area contributed by atoms with Crippen molar-refractivity contribution < 1.29 is 0 Å². The van der Waals surface area contributed by atoms with Gasteiger partial charge in [0.15, 0.2) is 0 Å². The molecule has 0 saturated carbocycles. The lowest BCUT2D eigenvalue weighted by molar-refractivity contribution is 0.129. The molecule has 0 radical (unpaired) electrons. The van der Waals surface area contributed by atoms with Gasteiger partial charge in [-0.2, -0.15) is 0 Å². The van der Waals surface area contributed by atoms with Crippen molar-refractivity contribution in [1.29, 1.82) is 0 Å². The van der Waals surface area contributed by atoms with Gasteiger partial charge in [-0.25, -0.2) is 0 Å². The van der Waals surface area contributed by atoms with E-state index in [4.69, 9.17) is 0 Å². The van der Waals surface area contributed by atoms with E-state index in [1.807, 2.05) is 0 Å². The van der Waals surface area contributed by atoms with Crippen LogP contribution in [0.5, 0.6) is 0 Å². The summed E-state index contributed by atoms with van der Waals surface area (Å²) in [5.41, 5.74) is 0.451. The van der Waals surface area contributed by atoms with Crippen LogP contribution in [0, 0.1) is 11.8 Å². The highest BCUT2D eigenvalue weighted by molar-refractivity contribution is 4.94. The molecule has 0 amide bonds. The molecule has 0 spiro atoms. The summed E-state index contributed by atoms with van der Waals surface area (Å²) >= 11 is 0. The molecule has 112 valence electrons. The summed E-state index contributed by atoms with van der Waals surface area (Å²) < 4.78 is 0. The van der Waals surface area contributed by atoms with Gasteiger partial charge in [0.1, 0.15) is 0 Å². The van der Waals surface area contributed by atoms with Gasteiger partial charge < -0.3 is 10.2 Å². The third-order valence-electron chi connectivity index (χ3n) is 5.68. The highest BCUT2D eigenvalue weighted by atomic mass is 15.1. The van der Waals surface area contributed by atoms with E-state index in [0.29, 0.717) is 5.54 Å². The Hall–Kier alpha value is -0.0800. The predicted octanol–water partition coefficient (Wildman–Crippen LogP) is 3.67. The standard InChI is InChI=1S/C17H34N2/c1-4-19-13-7-8-16(14-19)9-11-17(15(2)3)10-5-6-12-18-17/h15-16,18H,4-14H2,1-3H3. The van der Waals surface area contributed by atoms with Crippen LogP contribution in [-0.4, -0.2) is 36.6 Å². The number of hydrogen-bond acceptors (Lipinski definition) is 2. The van der Waals surface area contributed by atoms with Crippen LogP contribution in [0.1, 0.15) is 65.7 Å². The minimum absolute atomic E-state index is 0.451. The molecular weight excluding hydrogens is 232 g/mol. The zero-order chi connectivity index (χ0) is 13.7. The fourth-order valence-electron chi connectivity index (χ4n) is 4.12. The summed E-state index contributed by atoms with van der Waals surface area (Å²) in [5, 5.41) is 3.88. The number of hydrogen-bond donors (Lipinski definition) is 1. The van der Waals surface area contributed by atoms with Crippen LogP contribution in [0.4, 0.5) is 0 Å². The lowest BCUT2D eigenvalue weighted by atomic mass is 9.74. The average Bonchev–Trinajstić information content (AvgIpc) is 2.46. The van der Waals surface area contributed by atoms with Gasteiger partial charge in [0.25, 0.3) is 0 Å². The molecule has 19 heavy (non-hydrogen) atoms.